The van der Waals surface area contributed by atoms with E-state index in [1.165, 1.54) is 48.5 Å². The number of rotatable bonds is 10. The van der Waals surface area contributed by atoms with Gasteiger partial charge in [-0.25, -0.2) is 4.79 Å². The van der Waals surface area contributed by atoms with E-state index in [2.05, 4.69) is 0 Å². The SMILES string of the molecule is O=C(OC(c1ccc([N+](=O)[O-])cc1)C1O[C@H]1c1ccccc1)OC(c1ccc([N+](=O)[O-])cc1)C1O[C@H]1c1ccccc1. The van der Waals surface area contributed by atoms with E-state index in [-0.39, 0.29) is 23.6 Å². The maximum Gasteiger partial charge on any atom is 0.509 e. The molecule has 6 rings (SSSR count). The molecule has 2 saturated heterocycles. The molecule has 6 atom stereocenters. The summed E-state index contributed by atoms with van der Waals surface area (Å²) in [6.07, 6.45) is -4.65. The fourth-order valence-corrected chi connectivity index (χ4v) is 4.99. The van der Waals surface area contributed by atoms with Gasteiger partial charge in [0.1, 0.15) is 24.4 Å². The molecule has 42 heavy (non-hydrogen) atoms. The Morgan fingerprint density at radius 2 is 0.952 bits per heavy atom. The molecule has 2 fully saturated rings. The molecular formula is C31H24N2O9. The Morgan fingerprint density at radius 1 is 0.595 bits per heavy atom. The van der Waals surface area contributed by atoms with Crippen LogP contribution in [0.3, 0.4) is 0 Å². The summed E-state index contributed by atoms with van der Waals surface area (Å²) in [5.41, 5.74) is 2.58. The Kier molecular flexibility index (Phi) is 7.34. The van der Waals surface area contributed by atoms with Crippen molar-refractivity contribution in [2.45, 2.75) is 36.6 Å². The van der Waals surface area contributed by atoms with Gasteiger partial charge in [0, 0.05) is 24.3 Å². The quantitative estimate of drug-likeness (QED) is 0.0880. The highest BCUT2D eigenvalue weighted by Gasteiger charge is 2.51. The fraction of sp³-hybridized carbons (Fsp3) is 0.194. The van der Waals surface area contributed by atoms with Gasteiger partial charge >= 0.3 is 6.16 Å². The van der Waals surface area contributed by atoms with Gasteiger partial charge in [-0.3, -0.25) is 20.2 Å². The molecule has 0 bridgehead atoms. The molecule has 4 unspecified atom stereocenters. The number of nitro benzene ring substituents is 2. The molecule has 11 heteroatoms. The molecule has 2 heterocycles. The first-order valence-corrected chi connectivity index (χ1v) is 13.2. The van der Waals surface area contributed by atoms with Crippen molar-refractivity contribution in [2.24, 2.45) is 0 Å². The number of epoxide rings is 2. The minimum Gasteiger partial charge on any atom is -0.423 e. The zero-order valence-electron chi connectivity index (χ0n) is 21.9. The highest BCUT2D eigenvalue weighted by Crippen LogP contribution is 2.50. The standard InChI is InChI=1S/C31H24N2O9/c34-31(41-27(21-11-15-23(16-12-21)32(35)36)29-25(39-29)19-7-3-1-4-8-19)42-28(22-13-17-24(18-14-22)33(37)38)30-26(40-30)20-9-5-2-6-10-20/h1-18,25-30H/t25-,26-,27?,28?,29?,30?/m0/s1. The maximum atomic E-state index is 13.3. The van der Waals surface area contributed by atoms with E-state index in [0.717, 1.165) is 11.1 Å². The average Bonchev–Trinajstić information content (AvgIpc) is 3.95. The average molecular weight is 569 g/mol. The second-order valence-electron chi connectivity index (χ2n) is 9.89. The lowest BCUT2D eigenvalue weighted by Crippen LogP contribution is -2.22. The molecule has 11 nitrogen and oxygen atoms in total. The van der Waals surface area contributed by atoms with E-state index < -0.39 is 40.4 Å². The lowest BCUT2D eigenvalue weighted by molar-refractivity contribution is -0.385. The largest absolute Gasteiger partial charge is 0.509 e. The number of benzene rings is 4. The summed E-state index contributed by atoms with van der Waals surface area (Å²) in [5.74, 6) is 0. The molecule has 2 aliphatic heterocycles. The van der Waals surface area contributed by atoms with Crippen molar-refractivity contribution >= 4 is 17.5 Å². The Balaban J connectivity index is 1.24. The van der Waals surface area contributed by atoms with Gasteiger partial charge in [0.2, 0.25) is 0 Å². The lowest BCUT2D eigenvalue weighted by Gasteiger charge is -2.20. The summed E-state index contributed by atoms with van der Waals surface area (Å²) in [6.45, 7) is 0. The predicted molar refractivity (Wildman–Crippen MR) is 147 cm³/mol. The molecule has 4 aromatic rings. The predicted octanol–water partition coefficient (Wildman–Crippen LogP) is 6.72. The van der Waals surface area contributed by atoms with Crippen molar-refractivity contribution in [2.75, 3.05) is 0 Å². The summed E-state index contributed by atoms with van der Waals surface area (Å²) in [7, 11) is 0. The third-order valence-electron chi connectivity index (χ3n) is 7.22. The molecule has 0 radical (unpaired) electrons. The van der Waals surface area contributed by atoms with Gasteiger partial charge in [-0.1, -0.05) is 60.7 Å². The van der Waals surface area contributed by atoms with E-state index in [9.17, 15) is 25.0 Å². The molecular weight excluding hydrogens is 544 g/mol. The monoisotopic (exact) mass is 568 g/mol. The van der Waals surface area contributed by atoms with E-state index in [0.29, 0.717) is 11.1 Å². The first-order valence-electron chi connectivity index (χ1n) is 13.2. The van der Waals surface area contributed by atoms with Crippen LogP contribution in [0.25, 0.3) is 0 Å². The summed E-state index contributed by atoms with van der Waals surface area (Å²) in [5, 5.41) is 22.4. The first-order chi connectivity index (χ1) is 20.4. The van der Waals surface area contributed by atoms with Crippen LogP contribution in [-0.4, -0.2) is 28.2 Å². The Labute approximate surface area is 239 Å². The van der Waals surface area contributed by atoms with Crippen molar-refractivity contribution in [3.8, 4) is 0 Å². The molecule has 0 N–H and O–H groups in total. The van der Waals surface area contributed by atoms with Crippen LogP contribution < -0.4 is 0 Å². The van der Waals surface area contributed by atoms with Crippen LogP contribution >= 0.6 is 0 Å². The third kappa shape index (κ3) is 5.82. The van der Waals surface area contributed by atoms with Crippen molar-refractivity contribution in [3.63, 3.8) is 0 Å². The van der Waals surface area contributed by atoms with Gasteiger partial charge in [0.25, 0.3) is 11.4 Å². The van der Waals surface area contributed by atoms with Gasteiger partial charge in [0.15, 0.2) is 12.2 Å². The summed E-state index contributed by atoms with van der Waals surface area (Å²) < 4.78 is 23.5. The molecule has 0 aromatic heterocycles. The van der Waals surface area contributed by atoms with E-state index in [4.69, 9.17) is 18.9 Å². The highest BCUT2D eigenvalue weighted by molar-refractivity contribution is 5.61. The zero-order valence-corrected chi connectivity index (χ0v) is 21.9. The van der Waals surface area contributed by atoms with Crippen LogP contribution in [0.1, 0.15) is 46.7 Å². The van der Waals surface area contributed by atoms with Crippen molar-refractivity contribution in [1.29, 1.82) is 0 Å². The number of nitrogens with zero attached hydrogens (tertiary/aromatic N) is 2. The molecule has 4 aromatic carbocycles. The number of ether oxygens (including phenoxy) is 4. The molecule has 0 aliphatic carbocycles. The summed E-state index contributed by atoms with van der Waals surface area (Å²) >= 11 is 0. The van der Waals surface area contributed by atoms with Crippen molar-refractivity contribution < 1.29 is 33.6 Å². The summed E-state index contributed by atoms with van der Waals surface area (Å²) in [6, 6.07) is 30.2. The zero-order chi connectivity index (χ0) is 29.2. The summed E-state index contributed by atoms with van der Waals surface area (Å²) in [4.78, 5) is 34.7. The van der Waals surface area contributed by atoms with Gasteiger partial charge in [-0.15, -0.1) is 0 Å². The van der Waals surface area contributed by atoms with Crippen LogP contribution in [0.4, 0.5) is 16.2 Å². The van der Waals surface area contributed by atoms with Crippen LogP contribution in [-0.2, 0) is 18.9 Å². The topological polar surface area (TPSA) is 147 Å². The number of nitro groups is 2. The lowest BCUT2D eigenvalue weighted by atomic mass is 10.0. The highest BCUT2D eigenvalue weighted by atomic mass is 16.8. The minimum atomic E-state index is -1.01. The molecule has 212 valence electrons. The Bertz CT molecular complexity index is 1460. The second kappa shape index (κ2) is 11.4. The normalized spacial score (nSPS) is 21.9. The number of non-ortho nitro benzene ring substituents is 2. The van der Waals surface area contributed by atoms with Crippen molar-refractivity contribution in [1.82, 2.24) is 0 Å². The van der Waals surface area contributed by atoms with Gasteiger partial charge in [0.05, 0.1) is 9.85 Å². The van der Waals surface area contributed by atoms with Crippen molar-refractivity contribution in [3.05, 3.63) is 152 Å². The van der Waals surface area contributed by atoms with E-state index in [1.807, 2.05) is 60.7 Å². The third-order valence-corrected chi connectivity index (χ3v) is 7.22. The van der Waals surface area contributed by atoms with Gasteiger partial charge in [-0.05, 0) is 46.5 Å². The number of carbonyl (C=O) groups excluding carboxylic acids is 1. The van der Waals surface area contributed by atoms with E-state index >= 15 is 0 Å². The second-order valence-corrected chi connectivity index (χ2v) is 9.89. The Morgan fingerprint density at radius 3 is 1.29 bits per heavy atom. The number of carbonyl (C=O) groups is 1. The first kappa shape index (κ1) is 27.1. The van der Waals surface area contributed by atoms with Crippen LogP contribution in [0.15, 0.2) is 109 Å². The molecule has 0 spiro atoms. The fourth-order valence-electron chi connectivity index (χ4n) is 4.99. The number of hydrogen-bond acceptors (Lipinski definition) is 9. The van der Waals surface area contributed by atoms with Gasteiger partial charge in [-0.2, -0.15) is 0 Å². The van der Waals surface area contributed by atoms with Crippen LogP contribution in [0, 0.1) is 20.2 Å². The number of hydrogen-bond donors (Lipinski definition) is 0. The van der Waals surface area contributed by atoms with Crippen LogP contribution in [0.5, 0.6) is 0 Å². The molecule has 0 amide bonds. The maximum absolute atomic E-state index is 13.3. The molecule has 2 aliphatic rings. The van der Waals surface area contributed by atoms with Gasteiger partial charge < -0.3 is 18.9 Å². The smallest absolute Gasteiger partial charge is 0.423 e. The molecule has 0 saturated carbocycles. The van der Waals surface area contributed by atoms with E-state index in [1.54, 1.807) is 0 Å². The Hall–Kier alpha value is -5.13. The van der Waals surface area contributed by atoms with Crippen LogP contribution in [0.2, 0.25) is 0 Å². The minimum absolute atomic E-state index is 0.104.